The number of halogens is 1. The molecule has 7 heteroatoms. The molecule has 0 N–H and O–H groups in total. The number of aromatic nitrogens is 1. The van der Waals surface area contributed by atoms with Crippen LogP contribution in [0.2, 0.25) is 5.02 Å². The molecule has 2 aliphatic rings. The molecule has 124 valence electrons. The van der Waals surface area contributed by atoms with Crippen molar-refractivity contribution in [1.29, 1.82) is 0 Å². The SMILES string of the molecule is CN1C[C@@H](C(=O)N2CCC(Oc3ncccc3Cl)CC2)CC1=O. The predicted molar refractivity (Wildman–Crippen MR) is 85.2 cm³/mol. The van der Waals surface area contributed by atoms with E-state index >= 15 is 0 Å². The minimum Gasteiger partial charge on any atom is -0.473 e. The molecule has 2 amide bonds. The molecule has 0 aliphatic carbocycles. The molecule has 6 nitrogen and oxygen atoms in total. The van der Waals surface area contributed by atoms with Crippen molar-refractivity contribution in [2.24, 2.45) is 5.92 Å². The quantitative estimate of drug-likeness (QED) is 0.840. The second kappa shape index (κ2) is 6.74. The molecule has 0 unspecified atom stereocenters. The van der Waals surface area contributed by atoms with E-state index in [1.165, 1.54) is 0 Å². The van der Waals surface area contributed by atoms with Gasteiger partial charge in [0, 0.05) is 52.1 Å². The lowest BCUT2D eigenvalue weighted by Gasteiger charge is -2.33. The van der Waals surface area contributed by atoms with E-state index in [0.717, 1.165) is 12.8 Å². The third-order valence-corrected chi connectivity index (χ3v) is 4.73. The molecule has 0 aromatic carbocycles. The summed E-state index contributed by atoms with van der Waals surface area (Å²) in [5.74, 6) is 0.376. The van der Waals surface area contributed by atoms with Crippen LogP contribution < -0.4 is 4.74 Å². The number of rotatable bonds is 3. The zero-order valence-electron chi connectivity index (χ0n) is 13.1. The Morgan fingerprint density at radius 3 is 2.74 bits per heavy atom. The summed E-state index contributed by atoms with van der Waals surface area (Å²) in [6.07, 6.45) is 3.48. The van der Waals surface area contributed by atoms with Crippen LogP contribution in [0.1, 0.15) is 19.3 Å². The van der Waals surface area contributed by atoms with E-state index in [4.69, 9.17) is 16.3 Å². The van der Waals surface area contributed by atoms with Gasteiger partial charge < -0.3 is 14.5 Å². The molecule has 2 saturated heterocycles. The summed E-state index contributed by atoms with van der Waals surface area (Å²) < 4.78 is 5.83. The normalized spacial score (nSPS) is 22.5. The van der Waals surface area contributed by atoms with Crippen molar-refractivity contribution < 1.29 is 14.3 Å². The Hall–Kier alpha value is -1.82. The van der Waals surface area contributed by atoms with Crippen LogP contribution in [0, 0.1) is 5.92 Å². The lowest BCUT2D eigenvalue weighted by Crippen LogP contribution is -2.44. The van der Waals surface area contributed by atoms with E-state index in [1.54, 1.807) is 30.3 Å². The van der Waals surface area contributed by atoms with Crippen molar-refractivity contribution in [3.63, 3.8) is 0 Å². The van der Waals surface area contributed by atoms with E-state index < -0.39 is 0 Å². The molecule has 2 fully saturated rings. The Bertz CT molecular complexity index is 602. The molecule has 0 bridgehead atoms. The van der Waals surface area contributed by atoms with Crippen molar-refractivity contribution in [2.45, 2.75) is 25.4 Å². The fourth-order valence-corrected chi connectivity index (χ4v) is 3.26. The van der Waals surface area contributed by atoms with Gasteiger partial charge in [-0.1, -0.05) is 11.6 Å². The van der Waals surface area contributed by atoms with Crippen LogP contribution in [-0.4, -0.2) is 59.4 Å². The fourth-order valence-electron chi connectivity index (χ4n) is 3.10. The topological polar surface area (TPSA) is 62.7 Å². The maximum absolute atomic E-state index is 12.5. The molecular weight excluding hydrogens is 318 g/mol. The first-order chi connectivity index (χ1) is 11.0. The van der Waals surface area contributed by atoms with Crippen LogP contribution in [0.25, 0.3) is 0 Å². The summed E-state index contributed by atoms with van der Waals surface area (Å²) >= 11 is 6.05. The van der Waals surface area contributed by atoms with Crippen molar-refractivity contribution in [3.8, 4) is 5.88 Å². The van der Waals surface area contributed by atoms with E-state index in [1.807, 2.05) is 4.90 Å². The highest BCUT2D eigenvalue weighted by Crippen LogP contribution is 2.26. The van der Waals surface area contributed by atoms with Crippen LogP contribution in [0.15, 0.2) is 18.3 Å². The lowest BCUT2D eigenvalue weighted by atomic mass is 10.0. The van der Waals surface area contributed by atoms with Crippen LogP contribution in [0.5, 0.6) is 5.88 Å². The van der Waals surface area contributed by atoms with Gasteiger partial charge in [0.1, 0.15) is 11.1 Å². The predicted octanol–water partition coefficient (Wildman–Crippen LogP) is 1.58. The highest BCUT2D eigenvalue weighted by atomic mass is 35.5. The molecule has 0 spiro atoms. The van der Waals surface area contributed by atoms with Crippen molar-refractivity contribution in [2.75, 3.05) is 26.7 Å². The van der Waals surface area contributed by atoms with Gasteiger partial charge in [-0.15, -0.1) is 0 Å². The van der Waals surface area contributed by atoms with Gasteiger partial charge in [-0.3, -0.25) is 9.59 Å². The van der Waals surface area contributed by atoms with E-state index in [9.17, 15) is 9.59 Å². The third kappa shape index (κ3) is 3.58. The van der Waals surface area contributed by atoms with Crippen LogP contribution in [-0.2, 0) is 9.59 Å². The zero-order valence-corrected chi connectivity index (χ0v) is 13.8. The molecule has 0 radical (unpaired) electrons. The fraction of sp³-hybridized carbons (Fsp3) is 0.562. The largest absolute Gasteiger partial charge is 0.473 e. The molecule has 3 rings (SSSR count). The minimum absolute atomic E-state index is 0.0133. The first-order valence-electron chi connectivity index (χ1n) is 7.84. The van der Waals surface area contributed by atoms with Gasteiger partial charge in [0.05, 0.1) is 5.92 Å². The van der Waals surface area contributed by atoms with Crippen molar-refractivity contribution >= 4 is 23.4 Å². The third-order valence-electron chi connectivity index (χ3n) is 4.45. The summed E-state index contributed by atoms with van der Waals surface area (Å²) in [5, 5.41) is 0.499. The van der Waals surface area contributed by atoms with Crippen LogP contribution >= 0.6 is 11.6 Å². The molecule has 0 saturated carbocycles. The first kappa shape index (κ1) is 16.1. The molecule has 1 aromatic rings. The highest BCUT2D eigenvalue weighted by molar-refractivity contribution is 6.31. The number of pyridine rings is 1. The van der Waals surface area contributed by atoms with Gasteiger partial charge in [-0.05, 0) is 12.1 Å². The zero-order chi connectivity index (χ0) is 16.4. The first-order valence-corrected chi connectivity index (χ1v) is 8.22. The van der Waals surface area contributed by atoms with Crippen molar-refractivity contribution in [1.82, 2.24) is 14.8 Å². The molecule has 1 aromatic heterocycles. The number of likely N-dealkylation sites (tertiary alicyclic amines) is 2. The Morgan fingerprint density at radius 2 is 2.13 bits per heavy atom. The van der Waals surface area contributed by atoms with E-state index in [-0.39, 0.29) is 23.8 Å². The Kier molecular flexibility index (Phi) is 4.71. The lowest BCUT2D eigenvalue weighted by molar-refractivity contribution is -0.137. The summed E-state index contributed by atoms with van der Waals surface area (Å²) in [7, 11) is 1.74. The van der Waals surface area contributed by atoms with Gasteiger partial charge in [0.2, 0.25) is 17.7 Å². The van der Waals surface area contributed by atoms with Gasteiger partial charge in [-0.2, -0.15) is 0 Å². The van der Waals surface area contributed by atoms with Gasteiger partial charge in [0.15, 0.2) is 0 Å². The van der Waals surface area contributed by atoms with Crippen LogP contribution in [0.3, 0.4) is 0 Å². The van der Waals surface area contributed by atoms with Gasteiger partial charge in [0.25, 0.3) is 0 Å². The van der Waals surface area contributed by atoms with Crippen molar-refractivity contribution in [3.05, 3.63) is 23.4 Å². The highest BCUT2D eigenvalue weighted by Gasteiger charge is 2.36. The summed E-state index contributed by atoms with van der Waals surface area (Å²) in [5.41, 5.74) is 0. The second-order valence-corrected chi connectivity index (χ2v) is 6.52. The second-order valence-electron chi connectivity index (χ2n) is 6.11. The summed E-state index contributed by atoms with van der Waals surface area (Å²) in [4.78, 5) is 31.7. The Morgan fingerprint density at radius 1 is 1.39 bits per heavy atom. The molecule has 23 heavy (non-hydrogen) atoms. The summed E-state index contributed by atoms with van der Waals surface area (Å²) in [6, 6.07) is 3.51. The van der Waals surface area contributed by atoms with E-state index in [2.05, 4.69) is 4.98 Å². The molecular formula is C16H20ClN3O3. The number of carbonyl (C=O) groups is 2. The van der Waals surface area contributed by atoms with E-state index in [0.29, 0.717) is 37.0 Å². The number of hydrogen-bond donors (Lipinski definition) is 0. The number of amides is 2. The average molecular weight is 338 g/mol. The number of piperidine rings is 1. The molecule has 2 aliphatic heterocycles. The monoisotopic (exact) mass is 337 g/mol. The van der Waals surface area contributed by atoms with Gasteiger partial charge in [-0.25, -0.2) is 4.98 Å². The number of ether oxygens (including phenoxy) is 1. The number of carbonyl (C=O) groups excluding carboxylic acids is 2. The maximum Gasteiger partial charge on any atom is 0.232 e. The number of hydrogen-bond acceptors (Lipinski definition) is 4. The number of nitrogens with zero attached hydrogens (tertiary/aromatic N) is 3. The maximum atomic E-state index is 12.5. The Balaban J connectivity index is 1.51. The van der Waals surface area contributed by atoms with Gasteiger partial charge >= 0.3 is 0 Å². The van der Waals surface area contributed by atoms with Crippen LogP contribution in [0.4, 0.5) is 0 Å². The summed E-state index contributed by atoms with van der Waals surface area (Å²) in [6.45, 7) is 1.81. The molecule has 3 heterocycles. The minimum atomic E-state index is -0.199. The smallest absolute Gasteiger partial charge is 0.232 e. The average Bonchev–Trinajstić information content (AvgIpc) is 2.89. The Labute approximate surface area is 140 Å². The standard InChI is InChI=1S/C16H20ClN3O3/c1-19-10-11(9-14(19)21)16(22)20-7-4-12(5-8-20)23-15-13(17)3-2-6-18-15/h2-3,6,11-12H,4-5,7-10H2,1H3/t11-/m0/s1. The molecule has 1 atom stereocenters.